The zero-order valence-corrected chi connectivity index (χ0v) is 6.57. The number of nitrogens with one attached hydrogen (secondary N) is 4. The Bertz CT molecular complexity index is 219. The second-order valence-corrected chi connectivity index (χ2v) is 1.92. The van der Waals surface area contributed by atoms with Crippen LogP contribution in [0, 0.1) is 11.1 Å². The fraction of sp³-hybridized carbons (Fsp3) is 0.500. The maximum absolute atomic E-state index is 10.9. The Balaban J connectivity index is 3.92. The van der Waals surface area contributed by atoms with Gasteiger partial charge in [-0.2, -0.15) is 10.2 Å². The number of amides is 2. The molecule has 0 aromatic carbocycles. The number of carbonyl (C=O) groups is 2. The predicted octanol–water partition coefficient (Wildman–Crippen LogP) is -1.52. The second kappa shape index (κ2) is 5.71. The number of hydrazine groups is 1. The van der Waals surface area contributed by atoms with Crippen LogP contribution >= 0.6 is 0 Å². The third kappa shape index (κ3) is 3.86. The molecule has 0 unspecified atom stereocenters. The van der Waals surface area contributed by atoms with E-state index in [2.05, 4.69) is 15.5 Å². The van der Waals surface area contributed by atoms with Crippen LogP contribution in [0.5, 0.6) is 0 Å². The minimum atomic E-state index is -1.43. The largest absolute Gasteiger partial charge is 0.343 e. The van der Waals surface area contributed by atoms with E-state index in [0.29, 0.717) is 0 Å². The van der Waals surface area contributed by atoms with E-state index in [1.165, 1.54) is 0 Å². The van der Waals surface area contributed by atoms with E-state index in [9.17, 15) is 9.59 Å². The van der Waals surface area contributed by atoms with Crippen molar-refractivity contribution in [3.05, 3.63) is 0 Å². The monoisotopic (exact) mass is 187 g/mol. The first-order chi connectivity index (χ1) is 6.15. The average Bonchev–Trinajstić information content (AvgIpc) is 2.16. The van der Waals surface area contributed by atoms with Crippen molar-refractivity contribution in [1.29, 1.82) is 11.1 Å². The molecule has 2 amide bonds. The van der Waals surface area contributed by atoms with E-state index in [0.717, 1.165) is 0 Å². The highest BCUT2D eigenvalue weighted by Crippen LogP contribution is 1.90. The number of carbonyl (C=O) groups excluding carboxylic acids is 2. The first kappa shape index (κ1) is 11.1. The number of hydrogen-bond acceptors (Lipinski definition) is 7. The lowest BCUT2D eigenvalue weighted by atomic mass is 10.4. The fourth-order valence-electron chi connectivity index (χ4n) is 0.456. The van der Waals surface area contributed by atoms with Gasteiger partial charge in [0.05, 0.1) is 6.54 Å². The van der Waals surface area contributed by atoms with Crippen molar-refractivity contribution in [2.45, 2.75) is 6.17 Å². The summed E-state index contributed by atoms with van der Waals surface area (Å²) in [6.07, 6.45) is -1.43. The lowest BCUT2D eigenvalue weighted by Crippen LogP contribution is -2.42. The Kier molecular flexibility index (Phi) is 4.88. The summed E-state index contributed by atoms with van der Waals surface area (Å²) >= 11 is 0. The van der Waals surface area contributed by atoms with Crippen LogP contribution in [-0.2, 0) is 9.59 Å². The molecular formula is C4H9N7O2. The first-order valence-electron chi connectivity index (χ1n) is 3.16. The van der Waals surface area contributed by atoms with Crippen LogP contribution in [0.3, 0.4) is 0 Å². The van der Waals surface area contributed by atoms with Crippen molar-refractivity contribution in [2.24, 2.45) is 16.1 Å². The molecule has 6 N–H and O–H groups in total. The third-order valence-electron chi connectivity index (χ3n) is 1.06. The molecule has 9 heteroatoms. The number of nitrogens with two attached hydrogens (primary N) is 1. The SMILES string of the molecule is N=NC(N=N)C(=O)NCC(=O)NN. The van der Waals surface area contributed by atoms with Crippen molar-refractivity contribution >= 4 is 11.8 Å². The minimum absolute atomic E-state index is 0.336. The second-order valence-electron chi connectivity index (χ2n) is 1.92. The van der Waals surface area contributed by atoms with Crippen LogP contribution in [0.1, 0.15) is 0 Å². The number of rotatable bonds is 5. The van der Waals surface area contributed by atoms with Gasteiger partial charge in [0, 0.05) is 0 Å². The highest BCUT2D eigenvalue weighted by molar-refractivity contribution is 5.86. The van der Waals surface area contributed by atoms with Crippen molar-refractivity contribution < 1.29 is 9.59 Å². The highest BCUT2D eigenvalue weighted by Gasteiger charge is 2.15. The molecule has 0 saturated heterocycles. The molecule has 0 aromatic rings. The summed E-state index contributed by atoms with van der Waals surface area (Å²) in [5.41, 5.74) is 14.7. The molecule has 0 aromatic heterocycles. The van der Waals surface area contributed by atoms with Crippen LogP contribution in [0.25, 0.3) is 0 Å². The number of hydrogen-bond donors (Lipinski definition) is 5. The molecule has 0 spiro atoms. The summed E-state index contributed by atoms with van der Waals surface area (Å²) in [5, 5.41) is 7.54. The molecule has 0 aliphatic carbocycles. The molecule has 0 aliphatic rings. The molecule has 0 saturated carbocycles. The van der Waals surface area contributed by atoms with Gasteiger partial charge in [0.15, 0.2) is 0 Å². The molecular weight excluding hydrogens is 178 g/mol. The predicted molar refractivity (Wildman–Crippen MR) is 39.4 cm³/mol. The summed E-state index contributed by atoms with van der Waals surface area (Å²) in [5.74, 6) is 3.33. The summed E-state index contributed by atoms with van der Waals surface area (Å²) in [6.45, 7) is -0.336. The maximum atomic E-state index is 10.9. The van der Waals surface area contributed by atoms with E-state index in [1.807, 2.05) is 0 Å². The molecule has 0 radical (unpaired) electrons. The Morgan fingerprint density at radius 2 is 1.92 bits per heavy atom. The van der Waals surface area contributed by atoms with Gasteiger partial charge in [0.1, 0.15) is 0 Å². The van der Waals surface area contributed by atoms with Crippen molar-refractivity contribution in [1.82, 2.24) is 10.7 Å². The average molecular weight is 187 g/mol. The van der Waals surface area contributed by atoms with E-state index in [1.54, 1.807) is 5.43 Å². The van der Waals surface area contributed by atoms with Crippen molar-refractivity contribution in [2.75, 3.05) is 6.54 Å². The zero-order chi connectivity index (χ0) is 10.3. The quantitative estimate of drug-likeness (QED) is 0.153. The van der Waals surface area contributed by atoms with Gasteiger partial charge in [-0.1, -0.05) is 0 Å². The summed E-state index contributed by atoms with van der Waals surface area (Å²) in [7, 11) is 0. The summed E-state index contributed by atoms with van der Waals surface area (Å²) in [4.78, 5) is 21.4. The van der Waals surface area contributed by atoms with Gasteiger partial charge in [-0.15, -0.1) is 0 Å². The fourth-order valence-corrected chi connectivity index (χ4v) is 0.456. The van der Waals surface area contributed by atoms with Gasteiger partial charge in [-0.25, -0.2) is 16.9 Å². The van der Waals surface area contributed by atoms with E-state index >= 15 is 0 Å². The summed E-state index contributed by atoms with van der Waals surface area (Å²) < 4.78 is 0. The highest BCUT2D eigenvalue weighted by atomic mass is 16.2. The Hall–Kier alpha value is -1.90. The molecule has 9 nitrogen and oxygen atoms in total. The van der Waals surface area contributed by atoms with Crippen molar-refractivity contribution in [3.63, 3.8) is 0 Å². The summed E-state index contributed by atoms with van der Waals surface area (Å²) in [6, 6.07) is 0. The van der Waals surface area contributed by atoms with Crippen LogP contribution in [-0.4, -0.2) is 24.5 Å². The van der Waals surface area contributed by atoms with Gasteiger partial charge in [0.25, 0.3) is 18.0 Å². The maximum Gasteiger partial charge on any atom is 0.271 e. The minimum Gasteiger partial charge on any atom is -0.343 e. The number of nitrogens with zero attached hydrogens (tertiary/aromatic N) is 2. The van der Waals surface area contributed by atoms with Gasteiger partial charge in [-0.05, 0) is 0 Å². The van der Waals surface area contributed by atoms with Crippen LogP contribution < -0.4 is 16.6 Å². The standard InChI is InChI=1S/C4H9N7O2/c5-9-2(12)1-8-4(13)3(10-6)11-7/h3,6-7H,1,5H2,(H,8,13)(H,9,12). The van der Waals surface area contributed by atoms with E-state index in [-0.39, 0.29) is 6.54 Å². The van der Waals surface area contributed by atoms with Crippen molar-refractivity contribution in [3.8, 4) is 0 Å². The van der Waals surface area contributed by atoms with Crippen LogP contribution in [0.2, 0.25) is 0 Å². The molecule has 0 atom stereocenters. The molecule has 0 heterocycles. The molecule has 0 fully saturated rings. The van der Waals surface area contributed by atoms with Gasteiger partial charge < -0.3 is 5.32 Å². The topological polar surface area (TPSA) is 157 Å². The van der Waals surface area contributed by atoms with Gasteiger partial charge in [0.2, 0.25) is 0 Å². The lowest BCUT2D eigenvalue weighted by Gasteiger charge is -2.04. The molecule has 0 bridgehead atoms. The third-order valence-corrected chi connectivity index (χ3v) is 1.06. The normalized spacial score (nSPS) is 11.2. The molecule has 0 aliphatic heterocycles. The molecule has 72 valence electrons. The molecule has 13 heavy (non-hydrogen) atoms. The molecule has 0 rings (SSSR count). The van der Waals surface area contributed by atoms with E-state index < -0.39 is 18.0 Å². The van der Waals surface area contributed by atoms with Gasteiger partial charge >= 0.3 is 0 Å². The Morgan fingerprint density at radius 1 is 1.38 bits per heavy atom. The Labute approximate surface area is 73.0 Å². The van der Waals surface area contributed by atoms with Gasteiger partial charge in [-0.3, -0.25) is 15.0 Å². The lowest BCUT2D eigenvalue weighted by molar-refractivity contribution is -0.126. The smallest absolute Gasteiger partial charge is 0.271 e. The zero-order valence-electron chi connectivity index (χ0n) is 6.57. The van der Waals surface area contributed by atoms with E-state index in [4.69, 9.17) is 16.9 Å². The van der Waals surface area contributed by atoms with Crippen LogP contribution in [0.15, 0.2) is 10.2 Å². The Morgan fingerprint density at radius 3 is 2.31 bits per heavy atom. The van der Waals surface area contributed by atoms with Crippen LogP contribution in [0.4, 0.5) is 0 Å². The first-order valence-corrected chi connectivity index (χ1v) is 3.16.